The molecule has 1 aromatic heterocycles. The van der Waals surface area contributed by atoms with Crippen LogP contribution in [-0.4, -0.2) is 29.4 Å². The smallest absolute Gasteiger partial charge is 0.489 e. The second-order valence-corrected chi connectivity index (χ2v) is 7.00. The Morgan fingerprint density at radius 3 is 2.17 bits per heavy atom. The molecule has 23 heavy (non-hydrogen) atoms. The monoisotopic (exact) mass is 329 g/mol. The van der Waals surface area contributed by atoms with Gasteiger partial charge in [-0.3, -0.25) is 4.98 Å². The van der Waals surface area contributed by atoms with Crippen molar-refractivity contribution in [1.82, 2.24) is 4.98 Å². The predicted molar refractivity (Wildman–Crippen MR) is 78.6 cm³/mol. The Kier molecular flexibility index (Phi) is 3.68. The summed E-state index contributed by atoms with van der Waals surface area (Å²) in [6.07, 6.45) is -0.859. The van der Waals surface area contributed by atoms with E-state index >= 15 is 0 Å². The van der Waals surface area contributed by atoms with Crippen LogP contribution in [-0.2, 0) is 15.5 Å². The Morgan fingerprint density at radius 2 is 1.70 bits per heavy atom. The second-order valence-electron chi connectivity index (χ2n) is 7.00. The highest BCUT2D eigenvalue weighted by atomic mass is 19.4. The zero-order valence-electron chi connectivity index (χ0n) is 13.5. The first-order valence-electron chi connectivity index (χ1n) is 7.59. The Hall–Kier alpha value is -1.28. The van der Waals surface area contributed by atoms with Gasteiger partial charge in [-0.15, -0.1) is 0 Å². The molecular formula is C15H19BF3NO3. The molecule has 1 aliphatic carbocycles. The summed E-state index contributed by atoms with van der Waals surface area (Å²) in [5.74, 6) is 0.0841. The number of aromatic nitrogens is 1. The highest BCUT2D eigenvalue weighted by Crippen LogP contribution is 2.39. The van der Waals surface area contributed by atoms with Gasteiger partial charge < -0.3 is 14.0 Å². The molecule has 0 amide bonds. The van der Waals surface area contributed by atoms with Crippen LogP contribution >= 0.6 is 0 Å². The van der Waals surface area contributed by atoms with Gasteiger partial charge in [-0.1, -0.05) is 0 Å². The van der Waals surface area contributed by atoms with E-state index in [4.69, 9.17) is 14.0 Å². The predicted octanol–water partition coefficient (Wildman–Crippen LogP) is 2.94. The van der Waals surface area contributed by atoms with Crippen molar-refractivity contribution in [2.45, 2.75) is 64.0 Å². The summed E-state index contributed by atoms with van der Waals surface area (Å²) < 4.78 is 57.5. The van der Waals surface area contributed by atoms with Crippen molar-refractivity contribution in [2.24, 2.45) is 0 Å². The van der Waals surface area contributed by atoms with E-state index in [1.54, 1.807) is 27.7 Å². The lowest BCUT2D eigenvalue weighted by Gasteiger charge is -2.32. The van der Waals surface area contributed by atoms with Crippen LogP contribution in [0, 0.1) is 0 Å². The van der Waals surface area contributed by atoms with Crippen molar-refractivity contribution < 1.29 is 27.2 Å². The molecule has 126 valence electrons. The quantitative estimate of drug-likeness (QED) is 0.800. The number of ether oxygens (including phenoxy) is 1. The van der Waals surface area contributed by atoms with Crippen LogP contribution in [0.2, 0.25) is 0 Å². The maximum absolute atomic E-state index is 13.4. The van der Waals surface area contributed by atoms with E-state index in [0.717, 1.165) is 19.0 Å². The number of nitrogens with zero attached hydrogens (tertiary/aromatic N) is 1. The Morgan fingerprint density at radius 1 is 1.13 bits per heavy atom. The maximum atomic E-state index is 13.4. The molecule has 2 aliphatic rings. The van der Waals surface area contributed by atoms with E-state index in [9.17, 15) is 13.2 Å². The van der Waals surface area contributed by atoms with Crippen LogP contribution in [0.4, 0.5) is 13.2 Å². The Balaban J connectivity index is 2.05. The molecule has 1 aliphatic heterocycles. The molecule has 1 aromatic rings. The van der Waals surface area contributed by atoms with Crippen molar-refractivity contribution >= 4 is 12.6 Å². The lowest BCUT2D eigenvalue weighted by atomic mass is 9.75. The fourth-order valence-corrected chi connectivity index (χ4v) is 2.34. The summed E-state index contributed by atoms with van der Waals surface area (Å²) in [5, 5.41) is 0. The van der Waals surface area contributed by atoms with Crippen molar-refractivity contribution in [3.05, 3.63) is 18.0 Å². The average Bonchev–Trinajstić information content (AvgIpc) is 3.16. The van der Waals surface area contributed by atoms with Crippen LogP contribution in [0.3, 0.4) is 0 Å². The minimum absolute atomic E-state index is 0.0542. The molecule has 0 bridgehead atoms. The highest BCUT2D eigenvalue weighted by molar-refractivity contribution is 6.63. The van der Waals surface area contributed by atoms with Gasteiger partial charge in [0.2, 0.25) is 0 Å². The summed E-state index contributed by atoms with van der Waals surface area (Å²) in [4.78, 5) is 3.68. The SMILES string of the molecule is CC1(C)OB(c2c(OC3CC3)cncc2C(F)(F)F)OC1(C)C. The molecule has 0 unspecified atom stereocenters. The fraction of sp³-hybridized carbons (Fsp3) is 0.667. The number of halogens is 3. The molecule has 2 fully saturated rings. The van der Waals surface area contributed by atoms with Crippen molar-refractivity contribution in [3.63, 3.8) is 0 Å². The van der Waals surface area contributed by atoms with Gasteiger partial charge in [-0.05, 0) is 40.5 Å². The van der Waals surface area contributed by atoms with Crippen LogP contribution in [0.1, 0.15) is 46.1 Å². The third-order valence-electron chi connectivity index (χ3n) is 4.56. The van der Waals surface area contributed by atoms with Gasteiger partial charge in [0.05, 0.1) is 29.1 Å². The van der Waals surface area contributed by atoms with Gasteiger partial charge in [-0.25, -0.2) is 0 Å². The van der Waals surface area contributed by atoms with E-state index < -0.39 is 30.1 Å². The maximum Gasteiger partial charge on any atom is 0.499 e. The minimum atomic E-state index is -4.56. The summed E-state index contributed by atoms with van der Waals surface area (Å²) in [6.45, 7) is 7.18. The van der Waals surface area contributed by atoms with Crippen molar-refractivity contribution in [2.75, 3.05) is 0 Å². The van der Waals surface area contributed by atoms with Crippen LogP contribution in [0.25, 0.3) is 0 Å². The minimum Gasteiger partial charge on any atom is -0.489 e. The number of hydrogen-bond donors (Lipinski definition) is 0. The molecule has 1 saturated heterocycles. The zero-order chi connectivity index (χ0) is 17.0. The largest absolute Gasteiger partial charge is 0.499 e. The summed E-state index contributed by atoms with van der Waals surface area (Å²) in [6, 6.07) is 0. The molecule has 1 saturated carbocycles. The lowest BCUT2D eigenvalue weighted by Crippen LogP contribution is -2.41. The van der Waals surface area contributed by atoms with Gasteiger partial charge >= 0.3 is 13.3 Å². The van der Waals surface area contributed by atoms with Gasteiger partial charge in [-0.2, -0.15) is 13.2 Å². The Bertz CT molecular complexity index is 598. The molecule has 0 spiro atoms. The van der Waals surface area contributed by atoms with Crippen LogP contribution < -0.4 is 10.2 Å². The third kappa shape index (κ3) is 3.06. The summed E-state index contributed by atoms with van der Waals surface area (Å²) >= 11 is 0. The topological polar surface area (TPSA) is 40.6 Å². The van der Waals surface area contributed by atoms with Crippen LogP contribution in [0.5, 0.6) is 5.75 Å². The number of hydrogen-bond acceptors (Lipinski definition) is 4. The fourth-order valence-electron chi connectivity index (χ4n) is 2.34. The third-order valence-corrected chi connectivity index (χ3v) is 4.56. The van der Waals surface area contributed by atoms with E-state index in [1.807, 2.05) is 0 Å². The number of alkyl halides is 3. The lowest BCUT2D eigenvalue weighted by molar-refractivity contribution is -0.137. The van der Waals surface area contributed by atoms with E-state index in [2.05, 4.69) is 4.98 Å². The van der Waals surface area contributed by atoms with Gasteiger partial charge in [0, 0.05) is 11.7 Å². The first-order chi connectivity index (χ1) is 10.5. The Labute approximate surface area is 133 Å². The number of pyridine rings is 1. The standard InChI is InChI=1S/C15H19BF3NO3/c1-13(2)14(3,4)23-16(22-13)12-10(15(17,18)19)7-20-8-11(12)21-9-5-6-9/h7-9H,5-6H2,1-4H3. The summed E-state index contributed by atoms with van der Waals surface area (Å²) in [5.41, 5.74) is -2.48. The average molecular weight is 329 g/mol. The first-order valence-corrected chi connectivity index (χ1v) is 7.59. The zero-order valence-corrected chi connectivity index (χ0v) is 13.5. The molecule has 2 heterocycles. The van der Waals surface area contributed by atoms with Crippen molar-refractivity contribution in [1.29, 1.82) is 0 Å². The first kappa shape index (κ1) is 16.6. The molecule has 0 N–H and O–H groups in total. The molecule has 0 atom stereocenters. The molecule has 0 radical (unpaired) electrons. The molecule has 8 heteroatoms. The molecule has 3 rings (SSSR count). The molecular weight excluding hydrogens is 310 g/mol. The van der Waals surface area contributed by atoms with E-state index in [-0.39, 0.29) is 17.3 Å². The van der Waals surface area contributed by atoms with Gasteiger partial charge in [0.1, 0.15) is 5.75 Å². The second kappa shape index (κ2) is 5.11. The molecule has 0 aromatic carbocycles. The summed E-state index contributed by atoms with van der Waals surface area (Å²) in [7, 11) is -1.15. The number of rotatable bonds is 3. The van der Waals surface area contributed by atoms with E-state index in [0.29, 0.717) is 0 Å². The normalized spacial score (nSPS) is 23.2. The van der Waals surface area contributed by atoms with E-state index in [1.165, 1.54) is 6.20 Å². The molecule has 4 nitrogen and oxygen atoms in total. The highest BCUT2D eigenvalue weighted by Gasteiger charge is 2.55. The van der Waals surface area contributed by atoms with Gasteiger partial charge in [0.25, 0.3) is 0 Å². The van der Waals surface area contributed by atoms with Crippen molar-refractivity contribution in [3.8, 4) is 5.75 Å². The van der Waals surface area contributed by atoms with Crippen LogP contribution in [0.15, 0.2) is 12.4 Å². The van der Waals surface area contributed by atoms with Gasteiger partial charge in [0.15, 0.2) is 0 Å².